The van der Waals surface area contributed by atoms with Crippen LogP contribution in [0, 0.1) is 11.6 Å². The van der Waals surface area contributed by atoms with E-state index >= 15 is 8.78 Å². The van der Waals surface area contributed by atoms with E-state index in [1.165, 1.54) is 26.2 Å². The van der Waals surface area contributed by atoms with Crippen molar-refractivity contribution in [2.45, 2.75) is 6.54 Å². The molecule has 0 unspecified atom stereocenters. The topological polar surface area (TPSA) is 90.9 Å². The van der Waals surface area contributed by atoms with E-state index in [0.717, 1.165) is 11.0 Å². The number of halogens is 2. The van der Waals surface area contributed by atoms with E-state index in [2.05, 4.69) is 9.97 Å². The summed E-state index contributed by atoms with van der Waals surface area (Å²) in [7, 11) is 4.01. The number of benzene rings is 1. The van der Waals surface area contributed by atoms with Crippen molar-refractivity contribution >= 4 is 34.5 Å². The summed E-state index contributed by atoms with van der Waals surface area (Å²) in [5.41, 5.74) is 1.88. The second kappa shape index (κ2) is 7.88. The minimum atomic E-state index is -1.00. The third kappa shape index (κ3) is 3.25. The van der Waals surface area contributed by atoms with Gasteiger partial charge in [-0.2, -0.15) is 0 Å². The first-order valence-corrected chi connectivity index (χ1v) is 9.34. The Morgan fingerprint density at radius 1 is 1.19 bits per heavy atom. The summed E-state index contributed by atoms with van der Waals surface area (Å²) >= 11 is 0. The van der Waals surface area contributed by atoms with Crippen LogP contribution in [0.25, 0.3) is 17.1 Å². The van der Waals surface area contributed by atoms with Crippen LogP contribution in [0.5, 0.6) is 11.5 Å². The van der Waals surface area contributed by atoms with E-state index < -0.39 is 23.4 Å². The normalized spacial score (nSPS) is 13.9. The Bertz CT molecular complexity index is 1180. The molecule has 8 nitrogen and oxygen atoms in total. The van der Waals surface area contributed by atoms with E-state index in [-0.39, 0.29) is 24.7 Å². The summed E-state index contributed by atoms with van der Waals surface area (Å²) in [5, 5.41) is 9.65. The highest BCUT2D eigenvalue weighted by molar-refractivity contribution is 6.11. The monoisotopic (exact) mass is 430 g/mol. The van der Waals surface area contributed by atoms with Gasteiger partial charge in [0.1, 0.15) is 11.3 Å². The molecule has 2 N–H and O–H groups in total. The number of nitrogens with one attached hydrogen (secondary N) is 1. The molecule has 162 valence electrons. The van der Waals surface area contributed by atoms with Crippen molar-refractivity contribution in [1.29, 1.82) is 0 Å². The third-order valence-electron chi connectivity index (χ3n) is 5.13. The molecule has 2 amide bonds. The summed E-state index contributed by atoms with van der Waals surface area (Å²) in [6.07, 6.45) is 4.81. The number of rotatable bonds is 5. The largest absolute Gasteiger partial charge is 0.493 e. The standard InChI is InChI=1S/C21H20F2N4O4/c1-26-18-11(9-24-20-13(18)7-12(25-20)5-4-6-28)10-27(21(26)29)19-16(22)14(30-2)8-15(31-3)17(19)23/h4-5,7-9,28H,6,10H2,1-3H3,(H,24,25). The molecule has 4 rings (SSSR count). The number of urea groups is 1. The van der Waals surface area contributed by atoms with Gasteiger partial charge in [-0.05, 0) is 12.1 Å². The fraction of sp³-hybridized carbons (Fsp3) is 0.238. The highest BCUT2D eigenvalue weighted by atomic mass is 19.1. The molecule has 0 saturated carbocycles. The van der Waals surface area contributed by atoms with Crippen molar-refractivity contribution in [3.63, 3.8) is 0 Å². The number of H-pyrrole nitrogens is 1. The average Bonchev–Trinajstić information content (AvgIpc) is 3.18. The molecule has 31 heavy (non-hydrogen) atoms. The number of hydrogen-bond acceptors (Lipinski definition) is 5. The van der Waals surface area contributed by atoms with Crippen LogP contribution >= 0.6 is 0 Å². The zero-order chi connectivity index (χ0) is 22.3. The first-order valence-electron chi connectivity index (χ1n) is 9.34. The molecule has 0 fully saturated rings. The van der Waals surface area contributed by atoms with Crippen molar-refractivity contribution in [2.75, 3.05) is 37.7 Å². The number of nitrogens with zero attached hydrogens (tertiary/aromatic N) is 3. The van der Waals surface area contributed by atoms with Gasteiger partial charge in [-0.25, -0.2) is 18.6 Å². The maximum Gasteiger partial charge on any atom is 0.329 e. The van der Waals surface area contributed by atoms with Crippen LogP contribution in [0.3, 0.4) is 0 Å². The Morgan fingerprint density at radius 2 is 1.87 bits per heavy atom. The van der Waals surface area contributed by atoms with Gasteiger partial charge in [0, 0.05) is 36.0 Å². The Hall–Kier alpha value is -3.66. The SMILES string of the molecule is COc1cc(OC)c(F)c(N2Cc3cnc4[nH]c(C=CCO)cc4c3N(C)C2=O)c1F. The molecule has 0 bridgehead atoms. The lowest BCUT2D eigenvalue weighted by molar-refractivity contribution is 0.250. The zero-order valence-corrected chi connectivity index (χ0v) is 17.1. The van der Waals surface area contributed by atoms with Gasteiger partial charge < -0.3 is 19.6 Å². The molecule has 1 aromatic carbocycles. The number of aromatic amines is 1. The molecule has 0 radical (unpaired) electrons. The third-order valence-corrected chi connectivity index (χ3v) is 5.13. The molecule has 3 heterocycles. The zero-order valence-electron chi connectivity index (χ0n) is 17.1. The number of hydrogen-bond donors (Lipinski definition) is 2. The van der Waals surface area contributed by atoms with Gasteiger partial charge in [-0.15, -0.1) is 0 Å². The first-order chi connectivity index (χ1) is 14.9. The molecule has 1 aliphatic rings. The Kier molecular flexibility index (Phi) is 5.24. The number of amides is 2. The van der Waals surface area contributed by atoms with Crippen molar-refractivity contribution < 1.29 is 28.2 Å². The van der Waals surface area contributed by atoms with Gasteiger partial charge in [0.25, 0.3) is 0 Å². The van der Waals surface area contributed by atoms with Crippen molar-refractivity contribution in [1.82, 2.24) is 9.97 Å². The fourth-order valence-corrected chi connectivity index (χ4v) is 3.70. The lowest BCUT2D eigenvalue weighted by atomic mass is 10.1. The van der Waals surface area contributed by atoms with Crippen LogP contribution in [0.15, 0.2) is 24.4 Å². The van der Waals surface area contributed by atoms with Gasteiger partial charge in [0.05, 0.1) is 33.1 Å². The van der Waals surface area contributed by atoms with E-state index in [1.807, 2.05) is 0 Å². The Labute approximate surface area is 176 Å². The minimum Gasteiger partial charge on any atom is -0.493 e. The summed E-state index contributed by atoms with van der Waals surface area (Å²) in [4.78, 5) is 22.9. The number of carbonyl (C=O) groups excluding carboxylic acids is 1. The highest BCUT2D eigenvalue weighted by Gasteiger charge is 2.36. The number of aromatic nitrogens is 2. The van der Waals surface area contributed by atoms with Crippen molar-refractivity contribution in [3.05, 3.63) is 47.3 Å². The molecule has 0 spiro atoms. The summed E-state index contributed by atoms with van der Waals surface area (Å²) in [6.45, 7) is -0.214. The number of methoxy groups -OCH3 is 2. The first kappa shape index (κ1) is 20.6. The molecule has 0 aliphatic carbocycles. The second-order valence-corrected chi connectivity index (χ2v) is 6.89. The number of ether oxygens (including phenoxy) is 2. The molecule has 2 aromatic heterocycles. The maximum atomic E-state index is 15.0. The number of aliphatic hydroxyl groups excluding tert-OH is 1. The van der Waals surface area contributed by atoms with Gasteiger partial charge in [0.15, 0.2) is 23.1 Å². The van der Waals surface area contributed by atoms with Crippen LogP contribution in [0.2, 0.25) is 0 Å². The molecule has 0 saturated heterocycles. The summed E-state index contributed by atoms with van der Waals surface area (Å²) in [5.74, 6) is -2.49. The van der Waals surface area contributed by atoms with Crippen molar-refractivity contribution in [2.24, 2.45) is 0 Å². The van der Waals surface area contributed by atoms with Gasteiger partial charge in [0.2, 0.25) is 0 Å². The predicted molar refractivity (Wildman–Crippen MR) is 112 cm³/mol. The van der Waals surface area contributed by atoms with Gasteiger partial charge in [-0.1, -0.05) is 6.08 Å². The van der Waals surface area contributed by atoms with Gasteiger partial charge in [-0.3, -0.25) is 9.80 Å². The van der Waals surface area contributed by atoms with Crippen LogP contribution in [-0.2, 0) is 6.54 Å². The molecular weight excluding hydrogens is 410 g/mol. The van der Waals surface area contributed by atoms with Crippen molar-refractivity contribution in [3.8, 4) is 11.5 Å². The number of fused-ring (bicyclic) bond motifs is 3. The lowest BCUT2D eigenvalue weighted by Gasteiger charge is -2.35. The number of carbonyl (C=O) groups is 1. The van der Waals surface area contributed by atoms with Gasteiger partial charge >= 0.3 is 6.03 Å². The Balaban J connectivity index is 1.85. The molecule has 0 atom stereocenters. The minimum absolute atomic E-state index is 0.0986. The molecule has 3 aromatic rings. The quantitative estimate of drug-likeness (QED) is 0.647. The Morgan fingerprint density at radius 3 is 2.48 bits per heavy atom. The summed E-state index contributed by atoms with van der Waals surface area (Å²) in [6, 6.07) is 2.26. The number of anilines is 2. The van der Waals surface area contributed by atoms with Crippen LogP contribution in [0.1, 0.15) is 11.3 Å². The molecular formula is C21H20F2N4O4. The van der Waals surface area contributed by atoms with Crippen LogP contribution in [-0.4, -0.2) is 49.0 Å². The maximum absolute atomic E-state index is 15.0. The van der Waals surface area contributed by atoms with E-state index in [0.29, 0.717) is 28.0 Å². The average molecular weight is 430 g/mol. The lowest BCUT2D eigenvalue weighted by Crippen LogP contribution is -2.46. The number of aliphatic hydroxyl groups is 1. The smallest absolute Gasteiger partial charge is 0.329 e. The van der Waals surface area contributed by atoms with E-state index in [4.69, 9.17) is 14.6 Å². The van der Waals surface area contributed by atoms with Crippen LogP contribution < -0.4 is 19.3 Å². The van der Waals surface area contributed by atoms with E-state index in [9.17, 15) is 4.79 Å². The number of pyridine rings is 1. The highest BCUT2D eigenvalue weighted by Crippen LogP contribution is 2.42. The van der Waals surface area contributed by atoms with E-state index in [1.54, 1.807) is 24.4 Å². The predicted octanol–water partition coefficient (Wildman–Crippen LogP) is 3.44. The molecule has 1 aliphatic heterocycles. The summed E-state index contributed by atoms with van der Waals surface area (Å²) < 4.78 is 40.0. The molecule has 10 heteroatoms. The second-order valence-electron chi connectivity index (χ2n) is 6.89. The fourth-order valence-electron chi connectivity index (χ4n) is 3.70. The van der Waals surface area contributed by atoms with Crippen LogP contribution in [0.4, 0.5) is 25.0 Å².